The molecule has 0 aliphatic heterocycles. The number of nitrogens with one attached hydrogen (secondary N) is 2. The van der Waals surface area contributed by atoms with E-state index in [0.717, 1.165) is 16.8 Å². The Balaban J connectivity index is 1.90. The number of amides is 1. The smallest absolute Gasteiger partial charge is 0.250 e. The van der Waals surface area contributed by atoms with E-state index >= 15 is 0 Å². The standard InChI is InChI=1S/C18H17ClN2OS/c1-12-3-9-16(11-13(12)2)20-18(23)21-17(22)10-6-14-4-7-15(19)8-5-14/h3-11H,1-2H3,(H2,20,21,22,23)/b10-6+. The Bertz CT molecular complexity index is 754. The second-order valence-electron chi connectivity index (χ2n) is 5.13. The van der Waals surface area contributed by atoms with Gasteiger partial charge in [-0.05, 0) is 73.1 Å². The fraction of sp³-hybridized carbons (Fsp3) is 0.111. The molecule has 0 saturated heterocycles. The van der Waals surface area contributed by atoms with Gasteiger partial charge in [0.25, 0.3) is 0 Å². The summed E-state index contributed by atoms with van der Waals surface area (Å²) >= 11 is 11.0. The Labute approximate surface area is 146 Å². The Morgan fingerprint density at radius 3 is 2.43 bits per heavy atom. The molecule has 2 aromatic carbocycles. The molecule has 0 aromatic heterocycles. The van der Waals surface area contributed by atoms with E-state index in [9.17, 15) is 4.79 Å². The molecule has 2 rings (SSSR count). The van der Waals surface area contributed by atoms with Crippen LogP contribution in [0.4, 0.5) is 5.69 Å². The summed E-state index contributed by atoms with van der Waals surface area (Å²) in [5.41, 5.74) is 4.10. The molecule has 0 fully saturated rings. The van der Waals surface area contributed by atoms with Crippen LogP contribution < -0.4 is 10.6 Å². The van der Waals surface area contributed by atoms with Crippen molar-refractivity contribution >= 4 is 46.6 Å². The van der Waals surface area contributed by atoms with E-state index in [1.165, 1.54) is 11.6 Å². The number of benzene rings is 2. The normalized spacial score (nSPS) is 10.6. The van der Waals surface area contributed by atoms with Crippen molar-refractivity contribution in [3.8, 4) is 0 Å². The second kappa shape index (κ2) is 7.90. The molecule has 1 amide bonds. The largest absolute Gasteiger partial charge is 0.332 e. The fourth-order valence-corrected chi connectivity index (χ4v) is 2.23. The van der Waals surface area contributed by atoms with Gasteiger partial charge in [0.1, 0.15) is 0 Å². The Kier molecular flexibility index (Phi) is 5.90. The quantitative estimate of drug-likeness (QED) is 0.637. The van der Waals surface area contributed by atoms with Gasteiger partial charge in [-0.15, -0.1) is 0 Å². The molecule has 2 aromatic rings. The zero-order valence-corrected chi connectivity index (χ0v) is 14.5. The Morgan fingerprint density at radius 1 is 1.09 bits per heavy atom. The molecule has 23 heavy (non-hydrogen) atoms. The predicted molar refractivity (Wildman–Crippen MR) is 101 cm³/mol. The van der Waals surface area contributed by atoms with Gasteiger partial charge in [0, 0.05) is 16.8 Å². The number of hydrogen-bond donors (Lipinski definition) is 2. The van der Waals surface area contributed by atoms with Gasteiger partial charge in [0.15, 0.2) is 5.11 Å². The van der Waals surface area contributed by atoms with Crippen LogP contribution in [-0.2, 0) is 4.79 Å². The first kappa shape index (κ1) is 17.2. The molecule has 0 unspecified atom stereocenters. The van der Waals surface area contributed by atoms with E-state index in [0.29, 0.717) is 5.02 Å². The lowest BCUT2D eigenvalue weighted by atomic mass is 10.1. The zero-order chi connectivity index (χ0) is 16.8. The maximum absolute atomic E-state index is 11.9. The summed E-state index contributed by atoms with van der Waals surface area (Å²) in [7, 11) is 0. The third-order valence-corrected chi connectivity index (χ3v) is 3.75. The highest BCUT2D eigenvalue weighted by atomic mass is 35.5. The van der Waals surface area contributed by atoms with Crippen molar-refractivity contribution in [3.05, 3.63) is 70.3 Å². The van der Waals surface area contributed by atoms with Crippen LogP contribution in [-0.4, -0.2) is 11.0 Å². The van der Waals surface area contributed by atoms with Gasteiger partial charge < -0.3 is 5.32 Å². The van der Waals surface area contributed by atoms with Crippen LogP contribution in [0.15, 0.2) is 48.5 Å². The maximum Gasteiger partial charge on any atom is 0.250 e. The molecular weight excluding hydrogens is 328 g/mol. The lowest BCUT2D eigenvalue weighted by Crippen LogP contribution is -2.32. The number of thiocarbonyl (C=S) groups is 1. The average Bonchev–Trinajstić information content (AvgIpc) is 2.50. The topological polar surface area (TPSA) is 41.1 Å². The highest BCUT2D eigenvalue weighted by Gasteiger charge is 2.02. The van der Waals surface area contributed by atoms with E-state index in [1.54, 1.807) is 18.2 Å². The van der Waals surface area contributed by atoms with E-state index in [2.05, 4.69) is 10.6 Å². The zero-order valence-electron chi connectivity index (χ0n) is 12.9. The van der Waals surface area contributed by atoms with Crippen molar-refractivity contribution in [2.24, 2.45) is 0 Å². The third-order valence-electron chi connectivity index (χ3n) is 3.30. The Morgan fingerprint density at radius 2 is 1.78 bits per heavy atom. The summed E-state index contributed by atoms with van der Waals surface area (Å²) in [5.74, 6) is -0.290. The molecule has 0 aliphatic rings. The molecule has 0 heterocycles. The van der Waals surface area contributed by atoms with Crippen molar-refractivity contribution in [1.82, 2.24) is 5.32 Å². The van der Waals surface area contributed by atoms with Crippen LogP contribution in [0.25, 0.3) is 6.08 Å². The van der Waals surface area contributed by atoms with Crippen LogP contribution in [0.3, 0.4) is 0 Å². The van der Waals surface area contributed by atoms with Crippen LogP contribution in [0.5, 0.6) is 0 Å². The predicted octanol–water partition coefficient (Wildman–Crippen LogP) is 4.48. The first-order valence-corrected chi connectivity index (χ1v) is 7.85. The molecule has 3 nitrogen and oxygen atoms in total. The number of carbonyl (C=O) groups is 1. The van der Waals surface area contributed by atoms with Crippen LogP contribution in [0.1, 0.15) is 16.7 Å². The number of halogens is 1. The molecular formula is C18H17ClN2OS. The Hall–Kier alpha value is -2.17. The van der Waals surface area contributed by atoms with Gasteiger partial charge >= 0.3 is 0 Å². The van der Waals surface area contributed by atoms with Gasteiger partial charge in [-0.3, -0.25) is 10.1 Å². The van der Waals surface area contributed by atoms with E-state index in [-0.39, 0.29) is 11.0 Å². The molecule has 2 N–H and O–H groups in total. The van der Waals surface area contributed by atoms with Crippen LogP contribution in [0, 0.1) is 13.8 Å². The minimum absolute atomic E-state index is 0.263. The van der Waals surface area contributed by atoms with Gasteiger partial charge in [-0.25, -0.2) is 0 Å². The SMILES string of the molecule is Cc1ccc(NC(=S)NC(=O)/C=C/c2ccc(Cl)cc2)cc1C. The molecule has 0 aliphatic carbocycles. The first-order valence-electron chi connectivity index (χ1n) is 7.07. The summed E-state index contributed by atoms with van der Waals surface area (Å²) in [6.45, 7) is 4.07. The lowest BCUT2D eigenvalue weighted by molar-refractivity contribution is -0.115. The average molecular weight is 345 g/mol. The fourth-order valence-electron chi connectivity index (χ4n) is 1.88. The molecule has 0 bridgehead atoms. The highest BCUT2D eigenvalue weighted by Crippen LogP contribution is 2.14. The number of anilines is 1. The highest BCUT2D eigenvalue weighted by molar-refractivity contribution is 7.80. The first-order chi connectivity index (χ1) is 10.9. The molecule has 0 atom stereocenters. The lowest BCUT2D eigenvalue weighted by Gasteiger charge is -2.09. The van der Waals surface area contributed by atoms with Crippen molar-refractivity contribution in [2.75, 3.05) is 5.32 Å². The molecule has 0 radical (unpaired) electrons. The third kappa shape index (κ3) is 5.51. The van der Waals surface area contributed by atoms with E-state index < -0.39 is 0 Å². The maximum atomic E-state index is 11.9. The van der Waals surface area contributed by atoms with E-state index in [1.807, 2.05) is 44.2 Å². The summed E-state index contributed by atoms with van der Waals surface area (Å²) in [6.07, 6.45) is 3.13. The van der Waals surface area contributed by atoms with Gasteiger partial charge in [-0.2, -0.15) is 0 Å². The molecule has 0 saturated carbocycles. The summed E-state index contributed by atoms with van der Waals surface area (Å²) < 4.78 is 0. The van der Waals surface area contributed by atoms with Crippen molar-refractivity contribution in [3.63, 3.8) is 0 Å². The van der Waals surface area contributed by atoms with Gasteiger partial charge in [0.2, 0.25) is 5.91 Å². The van der Waals surface area contributed by atoms with Crippen molar-refractivity contribution in [2.45, 2.75) is 13.8 Å². The van der Waals surface area contributed by atoms with Crippen molar-refractivity contribution < 1.29 is 4.79 Å². The van der Waals surface area contributed by atoms with Gasteiger partial charge in [-0.1, -0.05) is 29.8 Å². The minimum atomic E-state index is -0.290. The van der Waals surface area contributed by atoms with E-state index in [4.69, 9.17) is 23.8 Å². The minimum Gasteiger partial charge on any atom is -0.332 e. The van der Waals surface area contributed by atoms with Crippen LogP contribution >= 0.6 is 23.8 Å². The summed E-state index contributed by atoms with van der Waals surface area (Å²) in [6, 6.07) is 13.1. The molecule has 5 heteroatoms. The van der Waals surface area contributed by atoms with Crippen molar-refractivity contribution in [1.29, 1.82) is 0 Å². The number of rotatable bonds is 3. The molecule has 118 valence electrons. The number of aryl methyl sites for hydroxylation is 2. The summed E-state index contributed by atoms with van der Waals surface area (Å²) in [4.78, 5) is 11.9. The number of carbonyl (C=O) groups excluding carboxylic acids is 1. The van der Waals surface area contributed by atoms with Gasteiger partial charge in [0.05, 0.1) is 0 Å². The summed E-state index contributed by atoms with van der Waals surface area (Å²) in [5, 5.41) is 6.53. The number of hydrogen-bond acceptors (Lipinski definition) is 2. The van der Waals surface area contributed by atoms with Crippen LogP contribution in [0.2, 0.25) is 5.02 Å². The monoisotopic (exact) mass is 344 g/mol. The molecule has 0 spiro atoms. The second-order valence-corrected chi connectivity index (χ2v) is 5.97.